The third-order valence-corrected chi connectivity index (χ3v) is 6.78. The Kier molecular flexibility index (Phi) is 7.71. The van der Waals surface area contributed by atoms with E-state index in [0.29, 0.717) is 12.8 Å². The Balaban J connectivity index is 1.59. The number of ether oxygens (including phenoxy) is 1. The molecule has 176 valence electrons. The number of hydrogen-bond acceptors (Lipinski definition) is 6. The summed E-state index contributed by atoms with van der Waals surface area (Å²) in [6.07, 6.45) is 2.19. The van der Waals surface area contributed by atoms with Gasteiger partial charge in [0.05, 0.1) is 11.1 Å². The number of hydrazine groups is 1. The molecule has 2 N–H and O–H groups in total. The van der Waals surface area contributed by atoms with Gasteiger partial charge in [-0.05, 0) is 43.2 Å². The van der Waals surface area contributed by atoms with Crippen molar-refractivity contribution in [2.24, 2.45) is 0 Å². The van der Waals surface area contributed by atoms with Crippen molar-refractivity contribution in [3.63, 3.8) is 0 Å². The van der Waals surface area contributed by atoms with Crippen molar-refractivity contribution >= 4 is 27.8 Å². The van der Waals surface area contributed by atoms with E-state index in [9.17, 15) is 31.6 Å². The number of hydrogen-bond donors (Lipinski definition) is 2. The molecule has 2 aromatic carbocycles. The highest BCUT2D eigenvalue weighted by atomic mass is 32.2. The van der Waals surface area contributed by atoms with Gasteiger partial charge < -0.3 is 4.74 Å². The number of sulfonamides is 1. The van der Waals surface area contributed by atoms with E-state index < -0.39 is 50.9 Å². The maximum Gasteiger partial charge on any atom is 0.338 e. The van der Waals surface area contributed by atoms with Gasteiger partial charge in [0.2, 0.25) is 10.0 Å². The molecule has 3 rings (SSSR count). The van der Waals surface area contributed by atoms with Crippen LogP contribution in [0.25, 0.3) is 0 Å². The van der Waals surface area contributed by atoms with Crippen molar-refractivity contribution in [3.05, 3.63) is 65.2 Å². The molecule has 0 unspecified atom stereocenters. The normalized spacial score (nSPS) is 14.4. The molecule has 0 atom stereocenters. The van der Waals surface area contributed by atoms with Crippen molar-refractivity contribution in [1.82, 2.24) is 15.2 Å². The summed E-state index contributed by atoms with van der Waals surface area (Å²) in [5.41, 5.74) is 3.36. The van der Waals surface area contributed by atoms with Crippen molar-refractivity contribution in [3.8, 4) is 0 Å². The third-order valence-electron chi connectivity index (χ3n) is 4.87. The number of carbonyl (C=O) groups excluding carboxylic acids is 3. The highest BCUT2D eigenvalue weighted by Crippen LogP contribution is 2.24. The first-order chi connectivity index (χ1) is 15.7. The Bertz CT molecular complexity index is 1170. The molecule has 2 aromatic rings. The fourth-order valence-corrected chi connectivity index (χ4v) is 4.77. The van der Waals surface area contributed by atoms with Crippen molar-refractivity contribution in [1.29, 1.82) is 0 Å². The molecule has 0 aliphatic carbocycles. The van der Waals surface area contributed by atoms with E-state index in [1.165, 1.54) is 18.2 Å². The number of benzene rings is 2. The van der Waals surface area contributed by atoms with E-state index in [4.69, 9.17) is 4.74 Å². The molecule has 0 spiro atoms. The Morgan fingerprint density at radius 1 is 0.939 bits per heavy atom. The molecule has 1 heterocycles. The number of rotatable bonds is 6. The van der Waals surface area contributed by atoms with Crippen LogP contribution in [0.3, 0.4) is 0 Å². The van der Waals surface area contributed by atoms with Crippen LogP contribution in [0.15, 0.2) is 47.4 Å². The second-order valence-electron chi connectivity index (χ2n) is 7.17. The third kappa shape index (κ3) is 5.90. The van der Waals surface area contributed by atoms with Crippen LogP contribution in [0.2, 0.25) is 0 Å². The van der Waals surface area contributed by atoms with Crippen LogP contribution in [-0.2, 0) is 19.6 Å². The van der Waals surface area contributed by atoms with Crippen molar-refractivity contribution in [2.45, 2.75) is 24.2 Å². The standard InChI is InChI=1S/C21H21F2N3O6S/c22-16-7-3-2-6-15(16)20(28)25-24-19(27)13-32-21(29)14-8-9-17(23)18(12-14)33(30,31)26-10-4-1-5-11-26/h2-3,6-9,12H,1,4-5,10-11,13H2,(H,24,27)(H,25,28). The lowest BCUT2D eigenvalue weighted by Gasteiger charge is -2.26. The highest BCUT2D eigenvalue weighted by Gasteiger charge is 2.29. The quantitative estimate of drug-likeness (QED) is 0.479. The first-order valence-corrected chi connectivity index (χ1v) is 11.4. The topological polar surface area (TPSA) is 122 Å². The van der Waals surface area contributed by atoms with Crippen LogP contribution < -0.4 is 10.9 Å². The van der Waals surface area contributed by atoms with Crippen LogP contribution in [0.4, 0.5) is 8.78 Å². The molecular weight excluding hydrogens is 460 g/mol. The fourth-order valence-electron chi connectivity index (χ4n) is 3.16. The lowest BCUT2D eigenvalue weighted by Crippen LogP contribution is -2.43. The lowest BCUT2D eigenvalue weighted by molar-refractivity contribution is -0.125. The maximum absolute atomic E-state index is 14.3. The zero-order valence-electron chi connectivity index (χ0n) is 17.3. The molecule has 1 fully saturated rings. The molecule has 0 bridgehead atoms. The average Bonchev–Trinajstić information content (AvgIpc) is 2.82. The summed E-state index contributed by atoms with van der Waals surface area (Å²) in [6, 6.07) is 7.83. The minimum atomic E-state index is -4.13. The summed E-state index contributed by atoms with van der Waals surface area (Å²) >= 11 is 0. The molecule has 1 saturated heterocycles. The Labute approximate surface area is 188 Å². The lowest BCUT2D eigenvalue weighted by atomic mass is 10.2. The highest BCUT2D eigenvalue weighted by molar-refractivity contribution is 7.89. The number of nitrogens with zero attached hydrogens (tertiary/aromatic N) is 1. The monoisotopic (exact) mass is 481 g/mol. The van der Waals surface area contributed by atoms with Crippen LogP contribution in [-0.4, -0.2) is 50.2 Å². The molecule has 0 radical (unpaired) electrons. The Hall–Kier alpha value is -3.38. The molecular formula is C21H21F2N3O6S. The van der Waals surface area contributed by atoms with E-state index in [1.807, 2.05) is 10.9 Å². The van der Waals surface area contributed by atoms with Gasteiger partial charge in [-0.15, -0.1) is 0 Å². The van der Waals surface area contributed by atoms with Gasteiger partial charge in [-0.1, -0.05) is 18.6 Å². The van der Waals surface area contributed by atoms with Gasteiger partial charge in [-0.3, -0.25) is 20.4 Å². The average molecular weight is 481 g/mol. The molecule has 9 nitrogen and oxygen atoms in total. The summed E-state index contributed by atoms with van der Waals surface area (Å²) < 4.78 is 59.3. The summed E-state index contributed by atoms with van der Waals surface area (Å²) in [6.45, 7) is -0.313. The second-order valence-corrected chi connectivity index (χ2v) is 9.07. The zero-order chi connectivity index (χ0) is 24.0. The maximum atomic E-state index is 14.3. The molecule has 0 aromatic heterocycles. The van der Waals surface area contributed by atoms with Crippen LogP contribution in [0.5, 0.6) is 0 Å². The fraction of sp³-hybridized carbons (Fsp3) is 0.286. The van der Waals surface area contributed by atoms with E-state index in [0.717, 1.165) is 35.0 Å². The predicted octanol–water partition coefficient (Wildman–Crippen LogP) is 1.76. The van der Waals surface area contributed by atoms with Gasteiger partial charge in [0.15, 0.2) is 6.61 Å². The summed E-state index contributed by atoms with van der Waals surface area (Å²) in [5.74, 6) is -4.72. The summed E-state index contributed by atoms with van der Waals surface area (Å²) in [5, 5.41) is 0. The van der Waals surface area contributed by atoms with Crippen LogP contribution in [0, 0.1) is 11.6 Å². The van der Waals surface area contributed by atoms with E-state index >= 15 is 0 Å². The van der Waals surface area contributed by atoms with E-state index in [-0.39, 0.29) is 24.2 Å². The van der Waals surface area contributed by atoms with Crippen LogP contribution in [0.1, 0.15) is 40.0 Å². The smallest absolute Gasteiger partial charge is 0.338 e. The Morgan fingerprint density at radius 3 is 2.33 bits per heavy atom. The Morgan fingerprint density at radius 2 is 1.64 bits per heavy atom. The molecule has 0 saturated carbocycles. The molecule has 2 amide bonds. The largest absolute Gasteiger partial charge is 0.452 e. The second kappa shape index (κ2) is 10.5. The molecule has 1 aliphatic heterocycles. The van der Waals surface area contributed by atoms with E-state index in [1.54, 1.807) is 0 Å². The summed E-state index contributed by atoms with van der Waals surface area (Å²) in [7, 11) is -4.13. The van der Waals surface area contributed by atoms with Gasteiger partial charge in [0.1, 0.15) is 16.5 Å². The summed E-state index contributed by atoms with van der Waals surface area (Å²) in [4.78, 5) is 35.3. The zero-order valence-corrected chi connectivity index (χ0v) is 18.2. The number of piperidine rings is 1. The van der Waals surface area contributed by atoms with Crippen LogP contribution >= 0.6 is 0 Å². The molecule has 33 heavy (non-hydrogen) atoms. The van der Waals surface area contributed by atoms with Gasteiger partial charge in [0.25, 0.3) is 11.8 Å². The van der Waals surface area contributed by atoms with Crippen molar-refractivity contribution in [2.75, 3.05) is 19.7 Å². The first-order valence-electron chi connectivity index (χ1n) is 10.0. The van der Waals surface area contributed by atoms with Gasteiger partial charge in [-0.25, -0.2) is 22.0 Å². The first kappa shape index (κ1) is 24.3. The minimum absolute atomic E-state index is 0.259. The number of carbonyl (C=O) groups is 3. The van der Waals surface area contributed by atoms with Gasteiger partial charge in [-0.2, -0.15) is 4.31 Å². The van der Waals surface area contributed by atoms with E-state index in [2.05, 4.69) is 0 Å². The minimum Gasteiger partial charge on any atom is -0.452 e. The molecule has 12 heteroatoms. The number of amides is 2. The van der Waals surface area contributed by atoms with Crippen molar-refractivity contribution < 1.29 is 36.3 Å². The number of halogens is 2. The van der Waals surface area contributed by atoms with Gasteiger partial charge in [0, 0.05) is 13.1 Å². The SMILES string of the molecule is O=C(COC(=O)c1ccc(F)c(S(=O)(=O)N2CCCCC2)c1)NNC(=O)c1ccccc1F. The predicted molar refractivity (Wildman–Crippen MR) is 111 cm³/mol. The number of esters is 1. The van der Waals surface area contributed by atoms with Gasteiger partial charge >= 0.3 is 5.97 Å². The molecule has 1 aliphatic rings. The number of nitrogens with one attached hydrogen (secondary N) is 2.